The van der Waals surface area contributed by atoms with Gasteiger partial charge in [0, 0.05) is 22.8 Å². The van der Waals surface area contributed by atoms with Gasteiger partial charge in [0.05, 0.1) is 0 Å². The molecule has 0 bridgehead atoms. The average molecular weight is 263 g/mol. The lowest BCUT2D eigenvalue weighted by atomic mass is 10.2. The van der Waals surface area contributed by atoms with Crippen LogP contribution in [0.4, 0.5) is 5.13 Å². The molecule has 1 amide bonds. The minimum Gasteiger partial charge on any atom is -0.477 e. The fourth-order valence-electron chi connectivity index (χ4n) is 1.27. The summed E-state index contributed by atoms with van der Waals surface area (Å²) in [6.07, 6.45) is 2.93. The Hall–Kier alpha value is -2.28. The zero-order valence-corrected chi connectivity index (χ0v) is 10.2. The fraction of sp³-hybridized carbons (Fsp3) is 0.0909. The number of rotatable bonds is 3. The van der Waals surface area contributed by atoms with E-state index in [1.54, 1.807) is 6.20 Å². The molecule has 92 valence electrons. The van der Waals surface area contributed by atoms with Gasteiger partial charge in [-0.25, -0.2) is 14.8 Å². The van der Waals surface area contributed by atoms with E-state index in [-0.39, 0.29) is 11.3 Å². The van der Waals surface area contributed by atoms with Gasteiger partial charge < -0.3 is 5.11 Å². The van der Waals surface area contributed by atoms with Crippen LogP contribution in [0.2, 0.25) is 0 Å². The van der Waals surface area contributed by atoms with Crippen LogP contribution in [0.1, 0.15) is 25.7 Å². The summed E-state index contributed by atoms with van der Waals surface area (Å²) in [4.78, 5) is 31.2. The molecule has 0 saturated heterocycles. The molecule has 2 N–H and O–H groups in total. The lowest BCUT2D eigenvalue weighted by Gasteiger charge is -2.02. The highest BCUT2D eigenvalue weighted by molar-refractivity contribution is 7.15. The second-order valence-electron chi connectivity index (χ2n) is 3.47. The number of amides is 1. The molecule has 0 aliphatic rings. The molecule has 2 heterocycles. The summed E-state index contributed by atoms with van der Waals surface area (Å²) in [5.41, 5.74) is 0.0632. The largest absolute Gasteiger partial charge is 0.477 e. The maximum absolute atomic E-state index is 11.8. The summed E-state index contributed by atoms with van der Waals surface area (Å²) in [5.74, 6) is -1.58. The van der Waals surface area contributed by atoms with E-state index in [4.69, 9.17) is 5.11 Å². The highest BCUT2D eigenvalue weighted by Gasteiger charge is 2.11. The van der Waals surface area contributed by atoms with Crippen molar-refractivity contribution in [3.8, 4) is 0 Å². The lowest BCUT2D eigenvalue weighted by Crippen LogP contribution is -2.13. The number of carbonyl (C=O) groups is 2. The fourth-order valence-corrected chi connectivity index (χ4v) is 1.93. The van der Waals surface area contributed by atoms with E-state index in [2.05, 4.69) is 15.3 Å². The maximum Gasteiger partial charge on any atom is 0.354 e. The SMILES string of the molecule is Cc1cnc(NC(=O)c2ccnc(C(=O)O)c2)s1. The van der Waals surface area contributed by atoms with Gasteiger partial charge in [0.2, 0.25) is 0 Å². The summed E-state index contributed by atoms with van der Waals surface area (Å²) in [6, 6.07) is 2.67. The average Bonchev–Trinajstić information content (AvgIpc) is 2.75. The van der Waals surface area contributed by atoms with Crippen LogP contribution in [-0.4, -0.2) is 27.0 Å². The smallest absolute Gasteiger partial charge is 0.354 e. The quantitative estimate of drug-likeness (QED) is 0.880. The minimum absolute atomic E-state index is 0.169. The summed E-state index contributed by atoms with van der Waals surface area (Å²) in [5, 5.41) is 11.9. The molecule has 0 atom stereocenters. The van der Waals surface area contributed by atoms with Crippen molar-refractivity contribution in [3.05, 3.63) is 40.7 Å². The number of nitrogens with one attached hydrogen (secondary N) is 1. The number of carboxylic acids is 1. The summed E-state index contributed by atoms with van der Waals surface area (Å²) < 4.78 is 0. The van der Waals surface area contributed by atoms with Crippen LogP contribution in [0, 0.1) is 6.92 Å². The van der Waals surface area contributed by atoms with Gasteiger partial charge in [-0.3, -0.25) is 10.1 Å². The summed E-state index contributed by atoms with van der Waals surface area (Å²) in [6.45, 7) is 1.88. The Morgan fingerprint density at radius 2 is 2.17 bits per heavy atom. The molecular weight excluding hydrogens is 254 g/mol. The molecule has 0 aromatic carbocycles. The van der Waals surface area contributed by atoms with E-state index < -0.39 is 11.9 Å². The molecule has 18 heavy (non-hydrogen) atoms. The van der Waals surface area contributed by atoms with E-state index >= 15 is 0 Å². The monoisotopic (exact) mass is 263 g/mol. The van der Waals surface area contributed by atoms with Crippen molar-refractivity contribution >= 4 is 28.3 Å². The molecule has 0 saturated carbocycles. The number of thiazole rings is 1. The molecule has 2 aromatic heterocycles. The van der Waals surface area contributed by atoms with Gasteiger partial charge in [-0.05, 0) is 19.1 Å². The van der Waals surface area contributed by atoms with Crippen molar-refractivity contribution < 1.29 is 14.7 Å². The van der Waals surface area contributed by atoms with Crippen LogP contribution in [-0.2, 0) is 0 Å². The van der Waals surface area contributed by atoms with Gasteiger partial charge in [-0.1, -0.05) is 0 Å². The number of aryl methyl sites for hydroxylation is 1. The van der Waals surface area contributed by atoms with E-state index in [1.807, 2.05) is 6.92 Å². The molecule has 0 spiro atoms. The number of anilines is 1. The van der Waals surface area contributed by atoms with Gasteiger partial charge in [0.1, 0.15) is 5.69 Å². The molecule has 6 nitrogen and oxygen atoms in total. The van der Waals surface area contributed by atoms with E-state index in [9.17, 15) is 9.59 Å². The van der Waals surface area contributed by atoms with E-state index in [1.165, 1.54) is 29.7 Å². The van der Waals surface area contributed by atoms with Crippen molar-refractivity contribution in [1.82, 2.24) is 9.97 Å². The van der Waals surface area contributed by atoms with Crippen LogP contribution in [0.25, 0.3) is 0 Å². The normalized spacial score (nSPS) is 10.1. The third kappa shape index (κ3) is 2.69. The first-order valence-electron chi connectivity index (χ1n) is 4.99. The topological polar surface area (TPSA) is 92.2 Å². The first-order chi connectivity index (χ1) is 8.56. The van der Waals surface area contributed by atoms with Gasteiger partial charge in [-0.2, -0.15) is 0 Å². The van der Waals surface area contributed by atoms with Crippen molar-refractivity contribution in [3.63, 3.8) is 0 Å². The maximum atomic E-state index is 11.8. The molecule has 7 heteroatoms. The van der Waals surface area contributed by atoms with Crippen LogP contribution in [0.3, 0.4) is 0 Å². The lowest BCUT2D eigenvalue weighted by molar-refractivity contribution is 0.0690. The molecule has 0 unspecified atom stereocenters. The third-order valence-electron chi connectivity index (χ3n) is 2.08. The Morgan fingerprint density at radius 1 is 1.39 bits per heavy atom. The Labute approximate surface area is 106 Å². The van der Waals surface area contributed by atoms with E-state index in [0.29, 0.717) is 5.13 Å². The van der Waals surface area contributed by atoms with Gasteiger partial charge >= 0.3 is 5.97 Å². The summed E-state index contributed by atoms with van der Waals surface area (Å²) >= 11 is 1.35. The van der Waals surface area contributed by atoms with Crippen molar-refractivity contribution in [2.24, 2.45) is 0 Å². The van der Waals surface area contributed by atoms with Crippen LogP contribution >= 0.6 is 11.3 Å². The van der Waals surface area contributed by atoms with Gasteiger partial charge in [0.25, 0.3) is 5.91 Å². The highest BCUT2D eigenvalue weighted by Crippen LogP contribution is 2.17. The van der Waals surface area contributed by atoms with Crippen LogP contribution < -0.4 is 5.32 Å². The Bertz CT molecular complexity index is 609. The Balaban J connectivity index is 2.18. The second-order valence-corrected chi connectivity index (χ2v) is 4.70. The number of nitrogens with zero attached hydrogens (tertiary/aromatic N) is 2. The predicted molar refractivity (Wildman–Crippen MR) is 66.0 cm³/mol. The predicted octanol–water partition coefficient (Wildman–Crippen LogP) is 1.80. The molecule has 2 rings (SSSR count). The molecule has 0 fully saturated rings. The summed E-state index contributed by atoms with van der Waals surface area (Å²) in [7, 11) is 0. The van der Waals surface area contributed by atoms with Crippen molar-refractivity contribution in [2.45, 2.75) is 6.92 Å². The highest BCUT2D eigenvalue weighted by atomic mass is 32.1. The second kappa shape index (κ2) is 4.92. The molecule has 2 aromatic rings. The third-order valence-corrected chi connectivity index (χ3v) is 2.91. The number of carbonyl (C=O) groups excluding carboxylic acids is 1. The zero-order valence-electron chi connectivity index (χ0n) is 9.38. The van der Waals surface area contributed by atoms with E-state index in [0.717, 1.165) is 4.88 Å². The van der Waals surface area contributed by atoms with Crippen molar-refractivity contribution in [2.75, 3.05) is 5.32 Å². The Kier molecular flexibility index (Phi) is 3.33. The number of carboxylic acid groups (broad SMARTS) is 1. The number of hydrogen-bond acceptors (Lipinski definition) is 5. The molecule has 0 aliphatic carbocycles. The number of aromatic carboxylic acids is 1. The zero-order chi connectivity index (χ0) is 13.1. The first-order valence-corrected chi connectivity index (χ1v) is 5.81. The first kappa shape index (κ1) is 12.2. The number of aromatic nitrogens is 2. The molecule has 0 radical (unpaired) electrons. The number of pyridine rings is 1. The van der Waals surface area contributed by atoms with Gasteiger partial charge in [-0.15, -0.1) is 11.3 Å². The minimum atomic E-state index is -1.17. The Morgan fingerprint density at radius 3 is 2.78 bits per heavy atom. The van der Waals surface area contributed by atoms with Crippen molar-refractivity contribution in [1.29, 1.82) is 0 Å². The van der Waals surface area contributed by atoms with Crippen LogP contribution in [0.5, 0.6) is 0 Å². The standard InChI is InChI=1S/C11H9N3O3S/c1-6-5-13-11(18-6)14-9(15)7-2-3-12-8(4-7)10(16)17/h2-5H,1H3,(H,16,17)(H,13,14,15). The molecular formula is C11H9N3O3S. The van der Waals surface area contributed by atoms with Crippen LogP contribution in [0.15, 0.2) is 24.5 Å². The molecule has 0 aliphatic heterocycles. The number of hydrogen-bond donors (Lipinski definition) is 2. The van der Waals surface area contributed by atoms with Gasteiger partial charge in [0.15, 0.2) is 5.13 Å².